The number of benzene rings is 1. The van der Waals surface area contributed by atoms with E-state index >= 15 is 0 Å². The lowest BCUT2D eigenvalue weighted by Gasteiger charge is -2.31. The summed E-state index contributed by atoms with van der Waals surface area (Å²) in [6, 6.07) is 2.95. The molecule has 1 aromatic rings. The highest BCUT2D eigenvalue weighted by molar-refractivity contribution is 7.89. The van der Waals surface area contributed by atoms with E-state index in [1.807, 2.05) is 0 Å². The van der Waals surface area contributed by atoms with E-state index < -0.39 is 10.0 Å². The van der Waals surface area contributed by atoms with Crippen LogP contribution in [-0.2, 0) is 16.6 Å². The lowest BCUT2D eigenvalue weighted by atomic mass is 9.96. The molecule has 7 heteroatoms. The Labute approximate surface area is 136 Å². The molecular formula is C14H20Cl2N2O2S. The largest absolute Gasteiger partial charge is 0.326 e. The van der Waals surface area contributed by atoms with Gasteiger partial charge in [0.1, 0.15) is 4.90 Å². The molecule has 0 aromatic heterocycles. The molecule has 118 valence electrons. The third-order valence-corrected chi connectivity index (χ3v) is 6.80. The number of rotatable bonds is 4. The van der Waals surface area contributed by atoms with Gasteiger partial charge >= 0.3 is 0 Å². The predicted molar refractivity (Wildman–Crippen MR) is 86.1 cm³/mol. The molecule has 0 radical (unpaired) electrons. The van der Waals surface area contributed by atoms with E-state index in [4.69, 9.17) is 28.9 Å². The summed E-state index contributed by atoms with van der Waals surface area (Å²) < 4.78 is 27.0. The first kappa shape index (κ1) is 17.0. The minimum absolute atomic E-state index is 0.101. The Morgan fingerprint density at radius 3 is 2.38 bits per heavy atom. The van der Waals surface area contributed by atoms with Gasteiger partial charge in [-0.1, -0.05) is 36.5 Å². The molecule has 21 heavy (non-hydrogen) atoms. The quantitative estimate of drug-likeness (QED) is 0.906. The first-order valence-electron chi connectivity index (χ1n) is 7.08. The van der Waals surface area contributed by atoms with E-state index in [-0.39, 0.29) is 16.5 Å². The van der Waals surface area contributed by atoms with Gasteiger partial charge in [0.2, 0.25) is 10.0 Å². The summed E-state index contributed by atoms with van der Waals surface area (Å²) in [4.78, 5) is 0.101. The summed E-state index contributed by atoms with van der Waals surface area (Å²) in [5.74, 6) is 0.608. The normalized spacial score (nSPS) is 18.1. The van der Waals surface area contributed by atoms with Crippen LogP contribution in [0.3, 0.4) is 0 Å². The number of piperidine rings is 1. The molecule has 1 aliphatic rings. The maximum absolute atomic E-state index is 12.7. The van der Waals surface area contributed by atoms with Gasteiger partial charge in [0.25, 0.3) is 0 Å². The van der Waals surface area contributed by atoms with Crippen molar-refractivity contribution in [1.29, 1.82) is 0 Å². The van der Waals surface area contributed by atoms with Crippen LogP contribution in [0.4, 0.5) is 0 Å². The molecule has 1 heterocycles. The minimum Gasteiger partial charge on any atom is -0.326 e. The van der Waals surface area contributed by atoms with E-state index in [9.17, 15) is 8.42 Å². The van der Waals surface area contributed by atoms with Gasteiger partial charge in [0, 0.05) is 24.7 Å². The standard InChI is InChI=1S/C14H20Cl2N2O2S/c1-2-10-3-5-18(6-4-10)21(19,20)14-7-11(9-17)12(15)8-13(14)16/h7-8,10H,2-6,9,17H2,1H3. The molecular weight excluding hydrogens is 331 g/mol. The number of hydrogen-bond donors (Lipinski definition) is 1. The van der Waals surface area contributed by atoms with E-state index in [1.54, 1.807) is 0 Å². The molecule has 0 amide bonds. The highest BCUT2D eigenvalue weighted by Gasteiger charge is 2.30. The summed E-state index contributed by atoms with van der Waals surface area (Å²) in [5.41, 5.74) is 6.18. The fourth-order valence-corrected chi connectivity index (χ4v) is 4.94. The summed E-state index contributed by atoms with van der Waals surface area (Å²) in [7, 11) is -3.59. The Balaban J connectivity index is 2.32. The SMILES string of the molecule is CCC1CCN(S(=O)(=O)c2cc(CN)c(Cl)cc2Cl)CC1. The van der Waals surface area contributed by atoms with Crippen LogP contribution in [0.2, 0.25) is 10.0 Å². The van der Waals surface area contributed by atoms with Crippen LogP contribution in [0.5, 0.6) is 0 Å². The average molecular weight is 351 g/mol. The van der Waals surface area contributed by atoms with Crippen LogP contribution in [-0.4, -0.2) is 25.8 Å². The number of nitrogens with two attached hydrogens (primary N) is 1. The van der Waals surface area contributed by atoms with Crippen molar-refractivity contribution in [3.63, 3.8) is 0 Å². The van der Waals surface area contributed by atoms with Crippen LogP contribution in [0.1, 0.15) is 31.7 Å². The van der Waals surface area contributed by atoms with Crippen LogP contribution in [0.15, 0.2) is 17.0 Å². The minimum atomic E-state index is -3.59. The molecule has 0 unspecified atom stereocenters. The smallest absolute Gasteiger partial charge is 0.244 e. The first-order chi connectivity index (χ1) is 9.90. The lowest BCUT2D eigenvalue weighted by Crippen LogP contribution is -2.38. The maximum Gasteiger partial charge on any atom is 0.244 e. The van der Waals surface area contributed by atoms with Crippen molar-refractivity contribution in [3.8, 4) is 0 Å². The molecule has 4 nitrogen and oxygen atoms in total. The van der Waals surface area contributed by atoms with Crippen LogP contribution in [0.25, 0.3) is 0 Å². The second-order valence-electron chi connectivity index (χ2n) is 5.33. The molecule has 0 saturated carbocycles. The molecule has 1 saturated heterocycles. The number of halogens is 2. The highest BCUT2D eigenvalue weighted by atomic mass is 35.5. The monoisotopic (exact) mass is 350 g/mol. The van der Waals surface area contributed by atoms with E-state index in [0.717, 1.165) is 19.3 Å². The molecule has 0 atom stereocenters. The lowest BCUT2D eigenvalue weighted by molar-refractivity contribution is 0.269. The van der Waals surface area contributed by atoms with Crippen LogP contribution >= 0.6 is 23.2 Å². The van der Waals surface area contributed by atoms with Crippen molar-refractivity contribution in [3.05, 3.63) is 27.7 Å². The summed E-state index contributed by atoms with van der Waals surface area (Å²) in [5, 5.41) is 0.543. The Morgan fingerprint density at radius 2 is 1.86 bits per heavy atom. The zero-order valence-corrected chi connectivity index (χ0v) is 14.3. The Bertz CT molecular complexity index is 612. The summed E-state index contributed by atoms with van der Waals surface area (Å²) >= 11 is 12.1. The second-order valence-corrected chi connectivity index (χ2v) is 8.05. The number of nitrogens with zero attached hydrogens (tertiary/aromatic N) is 1. The fraction of sp³-hybridized carbons (Fsp3) is 0.571. The molecule has 2 rings (SSSR count). The van der Waals surface area contributed by atoms with Gasteiger partial charge in [-0.3, -0.25) is 0 Å². The third kappa shape index (κ3) is 3.54. The van der Waals surface area contributed by atoms with Crippen molar-refractivity contribution >= 4 is 33.2 Å². The van der Waals surface area contributed by atoms with Crippen molar-refractivity contribution in [2.45, 2.75) is 37.6 Å². The zero-order chi connectivity index (χ0) is 15.6. The van der Waals surface area contributed by atoms with Gasteiger partial charge in [-0.2, -0.15) is 4.31 Å². The van der Waals surface area contributed by atoms with Crippen LogP contribution < -0.4 is 5.73 Å². The molecule has 1 aliphatic heterocycles. The van der Waals surface area contributed by atoms with Crippen LogP contribution in [0, 0.1) is 5.92 Å². The van der Waals surface area contributed by atoms with Gasteiger partial charge in [0.05, 0.1) is 5.02 Å². The molecule has 0 aliphatic carbocycles. The van der Waals surface area contributed by atoms with Crippen molar-refractivity contribution in [2.75, 3.05) is 13.1 Å². The van der Waals surface area contributed by atoms with Gasteiger partial charge in [-0.25, -0.2) is 8.42 Å². The molecule has 0 bridgehead atoms. The first-order valence-corrected chi connectivity index (χ1v) is 9.27. The highest BCUT2D eigenvalue weighted by Crippen LogP contribution is 2.32. The molecule has 1 aromatic carbocycles. The van der Waals surface area contributed by atoms with Crippen molar-refractivity contribution < 1.29 is 8.42 Å². The van der Waals surface area contributed by atoms with E-state index in [1.165, 1.54) is 16.4 Å². The van der Waals surface area contributed by atoms with Gasteiger partial charge in [-0.15, -0.1) is 0 Å². The second kappa shape index (κ2) is 6.84. The molecule has 1 fully saturated rings. The van der Waals surface area contributed by atoms with Gasteiger partial charge in [0.15, 0.2) is 0 Å². The Hall–Kier alpha value is -0.330. The summed E-state index contributed by atoms with van der Waals surface area (Å²) in [6.07, 6.45) is 2.88. The predicted octanol–water partition coefficient (Wildman–Crippen LogP) is 3.26. The number of hydrogen-bond acceptors (Lipinski definition) is 3. The van der Waals surface area contributed by atoms with E-state index in [0.29, 0.717) is 29.6 Å². The Kier molecular flexibility index (Phi) is 5.54. The summed E-state index contributed by atoms with van der Waals surface area (Å²) in [6.45, 7) is 3.39. The molecule has 0 spiro atoms. The maximum atomic E-state index is 12.7. The van der Waals surface area contributed by atoms with Gasteiger partial charge < -0.3 is 5.73 Å². The van der Waals surface area contributed by atoms with Gasteiger partial charge in [-0.05, 0) is 36.5 Å². The topological polar surface area (TPSA) is 63.4 Å². The number of sulfonamides is 1. The fourth-order valence-electron chi connectivity index (χ4n) is 2.62. The van der Waals surface area contributed by atoms with E-state index in [2.05, 4.69) is 6.92 Å². The third-order valence-electron chi connectivity index (χ3n) is 4.09. The Morgan fingerprint density at radius 1 is 1.24 bits per heavy atom. The van der Waals surface area contributed by atoms with Crippen molar-refractivity contribution in [1.82, 2.24) is 4.31 Å². The molecule has 2 N–H and O–H groups in total. The zero-order valence-electron chi connectivity index (χ0n) is 12.0. The average Bonchev–Trinajstić information content (AvgIpc) is 2.47. The van der Waals surface area contributed by atoms with Crippen molar-refractivity contribution in [2.24, 2.45) is 11.7 Å².